The third kappa shape index (κ3) is 9.15. The number of amides is 3. The van der Waals surface area contributed by atoms with E-state index in [0.29, 0.717) is 6.42 Å². The number of halogens is 1. The van der Waals surface area contributed by atoms with Crippen LogP contribution in [0.3, 0.4) is 0 Å². The molecule has 0 saturated carbocycles. The quantitative estimate of drug-likeness (QED) is 0.522. The smallest absolute Gasteiger partial charge is 0.408 e. The molecule has 0 aliphatic carbocycles. The number of hydrogen-bond donors (Lipinski definition) is 2. The first-order chi connectivity index (χ1) is 14.7. The summed E-state index contributed by atoms with van der Waals surface area (Å²) in [5, 5.41) is 5.02. The van der Waals surface area contributed by atoms with E-state index in [1.807, 2.05) is 25.1 Å². The topological polar surface area (TPSA) is 105 Å². The molecule has 0 aliphatic heterocycles. The number of ether oxygens (including phenoxy) is 1. The van der Waals surface area contributed by atoms with E-state index in [4.69, 9.17) is 4.74 Å². The van der Waals surface area contributed by atoms with Gasteiger partial charge in [-0.3, -0.25) is 14.4 Å². The van der Waals surface area contributed by atoms with E-state index in [1.54, 1.807) is 33.2 Å². The molecule has 3 amide bonds. The zero-order valence-corrected chi connectivity index (χ0v) is 18.5. The number of alkyl halides is 1. The fourth-order valence-corrected chi connectivity index (χ4v) is 2.75. The zero-order chi connectivity index (χ0) is 23.4. The Kier molecular flexibility index (Phi) is 11.2. The van der Waals surface area contributed by atoms with E-state index >= 15 is 0 Å². The molecule has 1 aromatic carbocycles. The number of ketones is 1. The second-order valence-electron chi connectivity index (χ2n) is 7.56. The predicted octanol–water partition coefficient (Wildman–Crippen LogP) is 2.22. The highest BCUT2D eigenvalue weighted by molar-refractivity contribution is 5.93. The van der Waals surface area contributed by atoms with Crippen LogP contribution in [0.4, 0.5) is 9.18 Å². The largest absolute Gasteiger partial charge is 0.445 e. The van der Waals surface area contributed by atoms with Crippen LogP contribution in [-0.4, -0.2) is 61.4 Å². The van der Waals surface area contributed by atoms with Gasteiger partial charge in [-0.05, 0) is 17.9 Å². The average molecular weight is 438 g/mol. The molecular formula is C22H32FN3O5. The van der Waals surface area contributed by atoms with Gasteiger partial charge in [0, 0.05) is 20.5 Å². The molecule has 9 heteroatoms. The molecule has 0 spiro atoms. The minimum Gasteiger partial charge on any atom is -0.445 e. The Hall–Kier alpha value is -2.97. The van der Waals surface area contributed by atoms with Gasteiger partial charge < -0.3 is 20.3 Å². The maximum absolute atomic E-state index is 13.0. The van der Waals surface area contributed by atoms with Gasteiger partial charge in [-0.15, -0.1) is 0 Å². The Morgan fingerprint density at radius 2 is 1.74 bits per heavy atom. The summed E-state index contributed by atoms with van der Waals surface area (Å²) in [4.78, 5) is 50.1. The second-order valence-corrected chi connectivity index (χ2v) is 7.56. The molecule has 0 heterocycles. The van der Waals surface area contributed by atoms with Crippen molar-refractivity contribution in [2.24, 2.45) is 5.92 Å². The van der Waals surface area contributed by atoms with Crippen LogP contribution in [0.5, 0.6) is 0 Å². The molecular weight excluding hydrogens is 405 g/mol. The van der Waals surface area contributed by atoms with Crippen LogP contribution in [0.2, 0.25) is 0 Å². The Morgan fingerprint density at radius 1 is 1.10 bits per heavy atom. The first-order valence-electron chi connectivity index (χ1n) is 10.3. The highest BCUT2D eigenvalue weighted by Crippen LogP contribution is 2.11. The lowest BCUT2D eigenvalue weighted by Crippen LogP contribution is -2.54. The molecule has 31 heavy (non-hydrogen) atoms. The number of rotatable bonds is 12. The molecule has 3 atom stereocenters. The fraction of sp³-hybridized carbons (Fsp3) is 0.545. The van der Waals surface area contributed by atoms with Crippen LogP contribution in [-0.2, 0) is 25.7 Å². The van der Waals surface area contributed by atoms with Gasteiger partial charge in [0.05, 0.1) is 6.04 Å². The molecule has 1 aromatic rings. The SMILES string of the molecule is CC[C@H](C)[C@H](NC(=O)OCc1ccccc1)C(=O)N[C@@H](CCC(=O)N(C)C)C(=O)CF. The maximum Gasteiger partial charge on any atom is 0.408 e. The van der Waals surface area contributed by atoms with Gasteiger partial charge in [0.1, 0.15) is 19.3 Å². The monoisotopic (exact) mass is 437 g/mol. The van der Waals surface area contributed by atoms with Crippen LogP contribution in [0.25, 0.3) is 0 Å². The molecule has 0 bridgehead atoms. The lowest BCUT2D eigenvalue weighted by Gasteiger charge is -2.26. The number of nitrogens with zero attached hydrogens (tertiary/aromatic N) is 1. The van der Waals surface area contributed by atoms with E-state index in [2.05, 4.69) is 10.6 Å². The summed E-state index contributed by atoms with van der Waals surface area (Å²) >= 11 is 0. The lowest BCUT2D eigenvalue weighted by molar-refractivity contribution is -0.132. The van der Waals surface area contributed by atoms with Crippen molar-refractivity contribution in [3.63, 3.8) is 0 Å². The van der Waals surface area contributed by atoms with Gasteiger partial charge in [-0.1, -0.05) is 50.6 Å². The number of benzene rings is 1. The summed E-state index contributed by atoms with van der Waals surface area (Å²) in [6, 6.07) is 6.93. The summed E-state index contributed by atoms with van der Waals surface area (Å²) < 4.78 is 18.2. The molecule has 0 unspecified atom stereocenters. The van der Waals surface area contributed by atoms with Crippen LogP contribution < -0.4 is 10.6 Å². The number of hydrogen-bond acceptors (Lipinski definition) is 5. The van der Waals surface area contributed by atoms with E-state index in [-0.39, 0.29) is 31.3 Å². The Bertz CT molecular complexity index is 742. The van der Waals surface area contributed by atoms with Gasteiger partial charge >= 0.3 is 6.09 Å². The van der Waals surface area contributed by atoms with Crippen molar-refractivity contribution in [1.82, 2.24) is 15.5 Å². The standard InChI is InChI=1S/C22H32FN3O5/c1-5-15(2)20(25-22(30)31-14-16-9-7-6-8-10-16)21(29)24-17(18(27)13-23)11-12-19(28)26(3)4/h6-10,15,17,20H,5,11-14H2,1-4H3,(H,24,29)(H,25,30)/t15-,17-,20-/m0/s1. The molecule has 0 aromatic heterocycles. The Labute approximate surface area is 182 Å². The molecule has 172 valence electrons. The van der Waals surface area contributed by atoms with Crippen molar-refractivity contribution in [2.45, 2.75) is 51.8 Å². The van der Waals surface area contributed by atoms with Crippen LogP contribution >= 0.6 is 0 Å². The predicted molar refractivity (Wildman–Crippen MR) is 114 cm³/mol. The summed E-state index contributed by atoms with van der Waals surface area (Å²) in [7, 11) is 3.13. The van der Waals surface area contributed by atoms with Gasteiger partial charge in [0.2, 0.25) is 11.8 Å². The van der Waals surface area contributed by atoms with Crippen molar-refractivity contribution in [3.8, 4) is 0 Å². The molecule has 2 N–H and O–H groups in total. The minimum absolute atomic E-state index is 0.0236. The normalized spacial score (nSPS) is 13.5. The zero-order valence-electron chi connectivity index (χ0n) is 18.5. The third-order valence-electron chi connectivity index (χ3n) is 4.96. The molecule has 8 nitrogen and oxygen atoms in total. The van der Waals surface area contributed by atoms with Crippen molar-refractivity contribution in [3.05, 3.63) is 35.9 Å². The van der Waals surface area contributed by atoms with Crippen molar-refractivity contribution in [1.29, 1.82) is 0 Å². The molecule has 0 radical (unpaired) electrons. The number of Topliss-reactive ketones (excluding diaryl/α,β-unsaturated/α-hetero) is 1. The number of alkyl carbamates (subject to hydrolysis) is 1. The number of nitrogens with one attached hydrogen (secondary N) is 2. The lowest BCUT2D eigenvalue weighted by atomic mass is 9.97. The van der Waals surface area contributed by atoms with Crippen LogP contribution in [0, 0.1) is 5.92 Å². The van der Waals surface area contributed by atoms with E-state index < -0.39 is 36.5 Å². The number of carbonyl (C=O) groups excluding carboxylic acids is 4. The van der Waals surface area contributed by atoms with Gasteiger partial charge in [-0.2, -0.15) is 0 Å². The molecule has 0 aliphatic rings. The van der Waals surface area contributed by atoms with E-state index in [9.17, 15) is 23.6 Å². The average Bonchev–Trinajstić information content (AvgIpc) is 2.77. The minimum atomic E-state index is -1.26. The van der Waals surface area contributed by atoms with Crippen LogP contribution in [0.1, 0.15) is 38.7 Å². The van der Waals surface area contributed by atoms with Crippen molar-refractivity contribution < 1.29 is 28.3 Å². The first-order valence-corrected chi connectivity index (χ1v) is 10.3. The van der Waals surface area contributed by atoms with Crippen LogP contribution in [0.15, 0.2) is 30.3 Å². The van der Waals surface area contributed by atoms with Crippen molar-refractivity contribution in [2.75, 3.05) is 20.8 Å². The van der Waals surface area contributed by atoms with Gasteiger partial charge in [-0.25, -0.2) is 9.18 Å². The molecule has 1 rings (SSSR count). The highest BCUT2D eigenvalue weighted by atomic mass is 19.1. The molecule has 0 saturated heterocycles. The summed E-state index contributed by atoms with van der Waals surface area (Å²) in [6.45, 7) is 2.39. The Balaban J connectivity index is 2.78. The van der Waals surface area contributed by atoms with E-state index in [1.165, 1.54) is 4.90 Å². The highest BCUT2D eigenvalue weighted by Gasteiger charge is 2.30. The number of carbonyl (C=O) groups is 4. The summed E-state index contributed by atoms with van der Waals surface area (Å²) in [5.74, 6) is -1.97. The first kappa shape index (κ1) is 26.1. The third-order valence-corrected chi connectivity index (χ3v) is 4.96. The van der Waals surface area contributed by atoms with Gasteiger partial charge in [0.15, 0.2) is 5.78 Å². The maximum atomic E-state index is 13.0. The van der Waals surface area contributed by atoms with E-state index in [0.717, 1.165) is 5.56 Å². The summed E-state index contributed by atoms with van der Waals surface area (Å²) in [5.41, 5.74) is 0.793. The van der Waals surface area contributed by atoms with Gasteiger partial charge in [0.25, 0.3) is 0 Å². The Morgan fingerprint density at radius 3 is 2.29 bits per heavy atom. The molecule has 0 fully saturated rings. The van der Waals surface area contributed by atoms with Crippen molar-refractivity contribution >= 4 is 23.7 Å². The fourth-order valence-electron chi connectivity index (χ4n) is 2.75. The summed E-state index contributed by atoms with van der Waals surface area (Å²) in [6.07, 6.45) is -0.264. The second kappa shape index (κ2) is 13.4.